The van der Waals surface area contributed by atoms with Crippen LogP contribution in [0.15, 0.2) is 12.1 Å². The van der Waals surface area contributed by atoms with E-state index in [0.29, 0.717) is 0 Å². The molecule has 0 saturated heterocycles. The van der Waals surface area contributed by atoms with Gasteiger partial charge in [0.15, 0.2) is 0 Å². The fourth-order valence-electron chi connectivity index (χ4n) is 1.45. The highest BCUT2D eigenvalue weighted by molar-refractivity contribution is 5.95. The molecule has 96 valence electrons. The summed E-state index contributed by atoms with van der Waals surface area (Å²) in [6.45, 7) is 0. The first kappa shape index (κ1) is 13.8. The third-order valence-corrected chi connectivity index (χ3v) is 2.18. The van der Waals surface area contributed by atoms with Gasteiger partial charge in [0.25, 0.3) is 0 Å². The van der Waals surface area contributed by atoms with Gasteiger partial charge in [-0.1, -0.05) is 0 Å². The molecule has 1 rings (SSSR count). The summed E-state index contributed by atoms with van der Waals surface area (Å²) >= 11 is 0. The Morgan fingerprint density at radius 1 is 1.33 bits per heavy atom. The number of carbonyl (C=O) groups is 1. The number of ether oxygens (including phenoxy) is 2. The zero-order valence-electron chi connectivity index (χ0n) is 9.46. The van der Waals surface area contributed by atoms with E-state index in [4.69, 9.17) is 10.00 Å². The largest absolute Gasteiger partial charge is 0.496 e. The van der Waals surface area contributed by atoms with E-state index >= 15 is 0 Å². The lowest BCUT2D eigenvalue weighted by Gasteiger charge is -2.15. The Kier molecular flexibility index (Phi) is 3.81. The van der Waals surface area contributed by atoms with E-state index in [1.807, 2.05) is 0 Å². The molecule has 0 aliphatic rings. The van der Waals surface area contributed by atoms with Crippen molar-refractivity contribution in [3.63, 3.8) is 0 Å². The lowest BCUT2D eigenvalue weighted by Crippen LogP contribution is -2.17. The number of halogens is 3. The maximum atomic E-state index is 12.9. The minimum absolute atomic E-state index is 0.298. The van der Waals surface area contributed by atoms with Gasteiger partial charge in [0, 0.05) is 0 Å². The Morgan fingerprint density at radius 3 is 2.33 bits per heavy atom. The van der Waals surface area contributed by atoms with E-state index in [1.165, 1.54) is 6.07 Å². The van der Waals surface area contributed by atoms with Crippen LogP contribution in [0.3, 0.4) is 0 Å². The quantitative estimate of drug-likeness (QED) is 0.765. The number of benzene rings is 1. The molecule has 1 aromatic carbocycles. The van der Waals surface area contributed by atoms with E-state index in [9.17, 15) is 18.0 Å². The molecule has 0 N–H and O–H groups in total. The fourth-order valence-corrected chi connectivity index (χ4v) is 1.45. The van der Waals surface area contributed by atoms with Gasteiger partial charge in [-0.3, -0.25) is 0 Å². The lowest BCUT2D eigenvalue weighted by molar-refractivity contribution is -0.138. The van der Waals surface area contributed by atoms with Crippen LogP contribution in [0.1, 0.15) is 21.5 Å². The zero-order valence-corrected chi connectivity index (χ0v) is 9.46. The van der Waals surface area contributed by atoms with Crippen LogP contribution in [-0.4, -0.2) is 20.2 Å². The molecule has 0 unspecified atom stereocenters. The second-order valence-electron chi connectivity index (χ2n) is 3.17. The minimum atomic E-state index is -4.86. The number of esters is 1. The molecule has 0 fully saturated rings. The van der Waals surface area contributed by atoms with E-state index in [1.54, 1.807) is 0 Å². The number of carbonyl (C=O) groups excluding carboxylic acids is 1. The molecule has 4 nitrogen and oxygen atoms in total. The monoisotopic (exact) mass is 259 g/mol. The van der Waals surface area contributed by atoms with E-state index in [0.717, 1.165) is 26.4 Å². The van der Waals surface area contributed by atoms with Crippen LogP contribution in [0.4, 0.5) is 13.2 Å². The van der Waals surface area contributed by atoms with Crippen molar-refractivity contribution in [2.75, 3.05) is 14.2 Å². The fraction of sp³-hybridized carbons (Fsp3) is 0.273. The van der Waals surface area contributed by atoms with Crippen LogP contribution in [0, 0.1) is 11.3 Å². The summed E-state index contributed by atoms with van der Waals surface area (Å²) in [6.07, 6.45) is -4.86. The predicted molar refractivity (Wildman–Crippen MR) is 54.1 cm³/mol. The van der Waals surface area contributed by atoms with Gasteiger partial charge in [0.2, 0.25) is 0 Å². The number of rotatable bonds is 2. The SMILES string of the molecule is COC(=O)c1c(OC)ccc(C#N)c1C(F)(F)F. The first-order valence-electron chi connectivity index (χ1n) is 4.63. The predicted octanol–water partition coefficient (Wildman–Crippen LogP) is 2.37. The van der Waals surface area contributed by atoms with Crippen molar-refractivity contribution in [2.24, 2.45) is 0 Å². The second-order valence-corrected chi connectivity index (χ2v) is 3.17. The highest BCUT2D eigenvalue weighted by atomic mass is 19.4. The average molecular weight is 259 g/mol. The topological polar surface area (TPSA) is 59.3 Å². The van der Waals surface area contributed by atoms with Crippen LogP contribution < -0.4 is 4.74 Å². The molecule has 0 aromatic heterocycles. The third-order valence-electron chi connectivity index (χ3n) is 2.18. The Labute approximate surface area is 101 Å². The number of hydrogen-bond donors (Lipinski definition) is 0. The number of hydrogen-bond acceptors (Lipinski definition) is 4. The molecule has 0 aliphatic heterocycles. The highest BCUT2D eigenvalue weighted by Crippen LogP contribution is 2.38. The standard InChI is InChI=1S/C11H8F3NO3/c1-17-7-4-3-6(5-15)9(11(12,13)14)8(7)10(16)18-2/h3-4H,1-2H3. The molecule has 7 heteroatoms. The van der Waals surface area contributed by atoms with Gasteiger partial charge in [0.1, 0.15) is 11.3 Å². The van der Waals surface area contributed by atoms with E-state index in [-0.39, 0.29) is 5.75 Å². The van der Waals surface area contributed by atoms with Crippen LogP contribution in [0.25, 0.3) is 0 Å². The van der Waals surface area contributed by atoms with Gasteiger partial charge in [-0.25, -0.2) is 4.79 Å². The summed E-state index contributed by atoms with van der Waals surface area (Å²) in [4.78, 5) is 11.4. The molecule has 18 heavy (non-hydrogen) atoms. The minimum Gasteiger partial charge on any atom is -0.496 e. The maximum absolute atomic E-state index is 12.9. The Balaban J connectivity index is 3.71. The third kappa shape index (κ3) is 2.37. The summed E-state index contributed by atoms with van der Waals surface area (Å²) in [6, 6.07) is 3.44. The molecule has 0 spiro atoms. The van der Waals surface area contributed by atoms with Crippen molar-refractivity contribution in [1.29, 1.82) is 5.26 Å². The first-order chi connectivity index (χ1) is 8.36. The van der Waals surface area contributed by atoms with Crippen molar-refractivity contribution in [2.45, 2.75) is 6.18 Å². The summed E-state index contributed by atoms with van der Waals surface area (Å²) < 4.78 is 47.7. The molecule has 0 saturated carbocycles. The van der Waals surface area contributed by atoms with Gasteiger partial charge < -0.3 is 9.47 Å². The van der Waals surface area contributed by atoms with Crippen molar-refractivity contribution in [3.8, 4) is 11.8 Å². The smallest absolute Gasteiger partial charge is 0.418 e. The number of nitrogens with zero attached hydrogens (tertiary/aromatic N) is 1. The first-order valence-corrected chi connectivity index (χ1v) is 4.63. The van der Waals surface area contributed by atoms with Crippen LogP contribution in [0.5, 0.6) is 5.75 Å². The van der Waals surface area contributed by atoms with Gasteiger partial charge in [0.05, 0.1) is 31.4 Å². The zero-order chi connectivity index (χ0) is 13.9. The molecule has 0 bridgehead atoms. The normalized spacial score (nSPS) is 10.7. The molecular weight excluding hydrogens is 251 g/mol. The number of nitriles is 1. The summed E-state index contributed by atoms with van der Waals surface area (Å²) in [5.74, 6) is -1.51. The van der Waals surface area contributed by atoms with Crippen LogP contribution >= 0.6 is 0 Å². The maximum Gasteiger partial charge on any atom is 0.418 e. The van der Waals surface area contributed by atoms with E-state index in [2.05, 4.69) is 4.74 Å². The van der Waals surface area contributed by atoms with Gasteiger partial charge in [-0.05, 0) is 12.1 Å². The Hall–Kier alpha value is -2.23. The summed E-state index contributed by atoms with van der Waals surface area (Å²) in [5, 5.41) is 8.68. The molecule has 0 atom stereocenters. The molecular formula is C11H8F3NO3. The Morgan fingerprint density at radius 2 is 1.94 bits per heavy atom. The van der Waals surface area contributed by atoms with Crippen molar-refractivity contribution < 1.29 is 27.4 Å². The number of alkyl halides is 3. The van der Waals surface area contributed by atoms with Gasteiger partial charge in [-0.2, -0.15) is 18.4 Å². The van der Waals surface area contributed by atoms with Crippen LogP contribution in [0.2, 0.25) is 0 Å². The van der Waals surface area contributed by atoms with Gasteiger partial charge in [-0.15, -0.1) is 0 Å². The second kappa shape index (κ2) is 4.96. The van der Waals surface area contributed by atoms with Crippen molar-refractivity contribution >= 4 is 5.97 Å². The van der Waals surface area contributed by atoms with Gasteiger partial charge >= 0.3 is 12.1 Å². The van der Waals surface area contributed by atoms with E-state index < -0.39 is 28.8 Å². The molecule has 1 aromatic rings. The molecule has 0 amide bonds. The van der Waals surface area contributed by atoms with Crippen molar-refractivity contribution in [1.82, 2.24) is 0 Å². The Bertz CT molecular complexity index is 517. The van der Waals surface area contributed by atoms with Crippen molar-refractivity contribution in [3.05, 3.63) is 28.8 Å². The summed E-state index contributed by atoms with van der Waals surface area (Å²) in [7, 11) is 2.06. The molecule has 0 heterocycles. The molecule has 0 radical (unpaired) electrons. The molecule has 0 aliphatic carbocycles. The van der Waals surface area contributed by atoms with Crippen LogP contribution in [-0.2, 0) is 10.9 Å². The summed E-state index contributed by atoms with van der Waals surface area (Å²) in [5.41, 5.74) is -2.81. The lowest BCUT2D eigenvalue weighted by atomic mass is 10.00. The highest BCUT2D eigenvalue weighted by Gasteiger charge is 2.40. The number of methoxy groups -OCH3 is 2. The average Bonchev–Trinajstić information content (AvgIpc) is 2.34.